The average Bonchev–Trinajstić information content (AvgIpc) is 2.65. The standard InChI is InChI=1S/C22H21FO5S/c1-4-29(26,27)20-8-7-18(9-13(20)2)28-22-14(3)16(11-21(24)25)10-15-5-6-17(23)12-19(15)22/h5-10,12H,4,11H2,1-3H3,(H,24,25). The van der Waals surface area contributed by atoms with Crippen LogP contribution in [0.15, 0.2) is 47.4 Å². The maximum atomic E-state index is 13.9. The fourth-order valence-corrected chi connectivity index (χ4v) is 4.42. The second-order valence-electron chi connectivity index (χ2n) is 6.86. The first-order chi connectivity index (χ1) is 13.6. The summed E-state index contributed by atoms with van der Waals surface area (Å²) in [5.41, 5.74) is 1.70. The van der Waals surface area contributed by atoms with Gasteiger partial charge in [0.05, 0.1) is 17.1 Å². The van der Waals surface area contributed by atoms with Gasteiger partial charge in [-0.1, -0.05) is 19.1 Å². The van der Waals surface area contributed by atoms with E-state index in [0.717, 1.165) is 0 Å². The van der Waals surface area contributed by atoms with Crippen LogP contribution in [0.2, 0.25) is 0 Å². The number of carboxylic acids is 1. The summed E-state index contributed by atoms with van der Waals surface area (Å²) < 4.78 is 44.2. The molecular weight excluding hydrogens is 395 g/mol. The summed E-state index contributed by atoms with van der Waals surface area (Å²) in [6, 6.07) is 10.6. The van der Waals surface area contributed by atoms with Gasteiger partial charge in [0.2, 0.25) is 0 Å². The normalized spacial score (nSPS) is 11.6. The zero-order valence-electron chi connectivity index (χ0n) is 16.3. The zero-order valence-corrected chi connectivity index (χ0v) is 17.1. The molecule has 0 bridgehead atoms. The third-order valence-corrected chi connectivity index (χ3v) is 6.72. The topological polar surface area (TPSA) is 80.7 Å². The molecule has 5 nitrogen and oxygen atoms in total. The molecule has 0 aliphatic heterocycles. The molecule has 3 aromatic carbocycles. The number of carboxylic acid groups (broad SMARTS) is 1. The van der Waals surface area contributed by atoms with Crippen LogP contribution < -0.4 is 4.74 Å². The molecular formula is C22H21FO5S. The van der Waals surface area contributed by atoms with E-state index in [9.17, 15) is 22.7 Å². The molecule has 1 N–H and O–H groups in total. The van der Waals surface area contributed by atoms with Crippen LogP contribution in [0, 0.1) is 19.7 Å². The molecule has 3 rings (SSSR count). The summed E-state index contributed by atoms with van der Waals surface area (Å²) in [6.07, 6.45) is -0.192. The largest absolute Gasteiger partial charge is 0.481 e. The Balaban J connectivity index is 2.14. The van der Waals surface area contributed by atoms with Crippen LogP contribution >= 0.6 is 0 Å². The summed E-state index contributed by atoms with van der Waals surface area (Å²) >= 11 is 0. The Morgan fingerprint density at radius 1 is 1.10 bits per heavy atom. The van der Waals surface area contributed by atoms with Gasteiger partial charge in [0, 0.05) is 5.39 Å². The van der Waals surface area contributed by atoms with Gasteiger partial charge >= 0.3 is 5.97 Å². The molecule has 0 heterocycles. The van der Waals surface area contributed by atoms with Crippen molar-refractivity contribution in [2.75, 3.05) is 5.75 Å². The molecule has 0 aliphatic carbocycles. The van der Waals surface area contributed by atoms with Gasteiger partial charge in [0.15, 0.2) is 9.84 Å². The third-order valence-electron chi connectivity index (χ3n) is 4.84. The van der Waals surface area contributed by atoms with Gasteiger partial charge in [-0.25, -0.2) is 12.8 Å². The Hall–Kier alpha value is -2.93. The number of halogens is 1. The Bertz CT molecular complexity index is 1220. The fraction of sp³-hybridized carbons (Fsp3) is 0.227. The Morgan fingerprint density at radius 2 is 1.83 bits per heavy atom. The number of ether oxygens (including phenoxy) is 1. The zero-order chi connectivity index (χ0) is 21.3. The van der Waals surface area contributed by atoms with Gasteiger partial charge in [-0.2, -0.15) is 0 Å². The molecule has 0 fully saturated rings. The van der Waals surface area contributed by atoms with Crippen LogP contribution in [0.3, 0.4) is 0 Å². The molecule has 0 saturated carbocycles. The number of fused-ring (bicyclic) bond motifs is 1. The predicted molar refractivity (Wildman–Crippen MR) is 109 cm³/mol. The van der Waals surface area contributed by atoms with Gasteiger partial charge in [-0.05, 0) is 66.3 Å². The van der Waals surface area contributed by atoms with Crippen molar-refractivity contribution in [2.24, 2.45) is 0 Å². The van der Waals surface area contributed by atoms with E-state index < -0.39 is 21.6 Å². The summed E-state index contributed by atoms with van der Waals surface area (Å²) in [4.78, 5) is 11.5. The van der Waals surface area contributed by atoms with Gasteiger partial charge in [-0.3, -0.25) is 4.79 Å². The van der Waals surface area contributed by atoms with E-state index in [4.69, 9.17) is 4.74 Å². The first-order valence-corrected chi connectivity index (χ1v) is 10.7. The lowest BCUT2D eigenvalue weighted by Crippen LogP contribution is -2.06. The summed E-state index contributed by atoms with van der Waals surface area (Å²) in [5.74, 6) is -0.685. The highest BCUT2D eigenvalue weighted by Gasteiger charge is 2.18. The number of carbonyl (C=O) groups is 1. The number of benzene rings is 3. The molecule has 0 saturated heterocycles. The van der Waals surface area contributed by atoms with Crippen molar-refractivity contribution in [3.05, 3.63) is 65.0 Å². The quantitative estimate of drug-likeness (QED) is 0.624. The van der Waals surface area contributed by atoms with E-state index in [1.165, 1.54) is 18.2 Å². The SMILES string of the molecule is CCS(=O)(=O)c1ccc(Oc2c(C)c(CC(=O)O)cc3ccc(F)cc23)cc1C. The second kappa shape index (κ2) is 7.83. The van der Waals surface area contributed by atoms with Crippen LogP contribution in [0.4, 0.5) is 4.39 Å². The predicted octanol–water partition coefficient (Wildman–Crippen LogP) is 4.81. The van der Waals surface area contributed by atoms with Crippen molar-refractivity contribution in [3.8, 4) is 11.5 Å². The first kappa shape index (κ1) is 20.8. The minimum Gasteiger partial charge on any atom is -0.481 e. The van der Waals surface area contributed by atoms with Crippen LogP contribution in [0.1, 0.15) is 23.6 Å². The van der Waals surface area contributed by atoms with Gasteiger partial charge < -0.3 is 9.84 Å². The van der Waals surface area contributed by atoms with Gasteiger partial charge in [0.1, 0.15) is 17.3 Å². The molecule has 0 unspecified atom stereocenters. The first-order valence-electron chi connectivity index (χ1n) is 9.07. The maximum absolute atomic E-state index is 13.9. The highest BCUT2D eigenvalue weighted by molar-refractivity contribution is 7.91. The van der Waals surface area contributed by atoms with E-state index in [2.05, 4.69) is 0 Å². The minimum atomic E-state index is -3.36. The molecule has 0 atom stereocenters. The highest BCUT2D eigenvalue weighted by Crippen LogP contribution is 2.37. The van der Waals surface area contributed by atoms with Crippen LogP contribution in [-0.4, -0.2) is 25.2 Å². The Kier molecular flexibility index (Phi) is 5.61. The average molecular weight is 416 g/mol. The molecule has 152 valence electrons. The minimum absolute atomic E-state index is 0.00565. The molecule has 3 aromatic rings. The molecule has 0 radical (unpaired) electrons. The molecule has 0 amide bonds. The molecule has 0 aliphatic rings. The molecule has 29 heavy (non-hydrogen) atoms. The number of aliphatic carboxylic acids is 1. The monoisotopic (exact) mass is 416 g/mol. The maximum Gasteiger partial charge on any atom is 0.307 e. The van der Waals surface area contributed by atoms with Crippen molar-refractivity contribution in [3.63, 3.8) is 0 Å². The van der Waals surface area contributed by atoms with Crippen molar-refractivity contribution >= 4 is 26.6 Å². The smallest absolute Gasteiger partial charge is 0.307 e. The van der Waals surface area contributed by atoms with Crippen molar-refractivity contribution < 1.29 is 27.4 Å². The van der Waals surface area contributed by atoms with Crippen LogP contribution in [0.5, 0.6) is 11.5 Å². The van der Waals surface area contributed by atoms with E-state index in [0.29, 0.717) is 39.0 Å². The number of hydrogen-bond donors (Lipinski definition) is 1. The Morgan fingerprint density at radius 3 is 2.45 bits per heavy atom. The van der Waals surface area contributed by atoms with Crippen molar-refractivity contribution in [1.82, 2.24) is 0 Å². The molecule has 7 heteroatoms. The van der Waals surface area contributed by atoms with E-state index in [-0.39, 0.29) is 17.1 Å². The second-order valence-corrected chi connectivity index (χ2v) is 9.11. The van der Waals surface area contributed by atoms with Crippen LogP contribution in [0.25, 0.3) is 10.8 Å². The lowest BCUT2D eigenvalue weighted by Gasteiger charge is -2.16. The van der Waals surface area contributed by atoms with Crippen molar-refractivity contribution in [2.45, 2.75) is 32.1 Å². The highest BCUT2D eigenvalue weighted by atomic mass is 32.2. The Labute approximate surface area is 168 Å². The summed E-state index contributed by atoms with van der Waals surface area (Å²) in [7, 11) is -3.36. The summed E-state index contributed by atoms with van der Waals surface area (Å²) in [5, 5.41) is 10.4. The van der Waals surface area contributed by atoms with Gasteiger partial charge in [0.25, 0.3) is 0 Å². The number of aryl methyl sites for hydroxylation is 1. The number of rotatable bonds is 6. The van der Waals surface area contributed by atoms with E-state index in [1.54, 1.807) is 45.0 Å². The lowest BCUT2D eigenvalue weighted by molar-refractivity contribution is -0.136. The van der Waals surface area contributed by atoms with E-state index in [1.807, 2.05) is 0 Å². The molecule has 0 spiro atoms. The molecule has 0 aromatic heterocycles. The third kappa shape index (κ3) is 4.24. The van der Waals surface area contributed by atoms with Crippen molar-refractivity contribution in [1.29, 1.82) is 0 Å². The number of sulfone groups is 1. The number of hydrogen-bond acceptors (Lipinski definition) is 4. The van der Waals surface area contributed by atoms with Gasteiger partial charge in [-0.15, -0.1) is 0 Å². The fourth-order valence-electron chi connectivity index (χ4n) is 3.28. The summed E-state index contributed by atoms with van der Waals surface area (Å²) in [6.45, 7) is 4.98. The lowest BCUT2D eigenvalue weighted by atomic mass is 9.98. The van der Waals surface area contributed by atoms with E-state index >= 15 is 0 Å². The van der Waals surface area contributed by atoms with Crippen LogP contribution in [-0.2, 0) is 21.1 Å².